The van der Waals surface area contributed by atoms with Crippen LogP contribution in [0, 0.1) is 17.8 Å². The monoisotopic (exact) mass is 598 g/mol. The maximum atomic E-state index is 13.4. The van der Waals surface area contributed by atoms with E-state index >= 15 is 0 Å². The summed E-state index contributed by atoms with van der Waals surface area (Å²) in [6.07, 6.45) is 8.21. The predicted octanol–water partition coefficient (Wildman–Crippen LogP) is 5.49. The van der Waals surface area contributed by atoms with Crippen molar-refractivity contribution in [2.24, 2.45) is 17.8 Å². The number of rotatable bonds is 1. The predicted molar refractivity (Wildman–Crippen MR) is 159 cm³/mol. The first-order valence-electron chi connectivity index (χ1n) is 15.2. The standard InChI is InChI=1S/C32H39ClN2O5S/c1-39-30-21-4-2-6-25(15-21)41(37,38)34-31(36)22-8-12-29-28(16-22)35(17-23-7-10-26(23)30)18-32(19-40-29)13-3-5-20-14-24(33)9-11-27(20)32/h8-9,11-12,14,16,21,23,25-26,30H,2-7,10,13,15,17-19H2,1H3,(H,34,36)/t21-,23-,25+,26+,30-,32-/m0/s1. The summed E-state index contributed by atoms with van der Waals surface area (Å²) in [4.78, 5) is 15.8. The molecule has 2 aromatic carbocycles. The zero-order valence-electron chi connectivity index (χ0n) is 23.6. The molecule has 7 rings (SSSR count). The average Bonchev–Trinajstić information content (AvgIpc) is 3.10. The van der Waals surface area contributed by atoms with Crippen molar-refractivity contribution in [3.05, 3.63) is 58.1 Å². The van der Waals surface area contributed by atoms with Gasteiger partial charge in [0.2, 0.25) is 10.0 Å². The van der Waals surface area contributed by atoms with Crippen LogP contribution in [0.5, 0.6) is 5.75 Å². The summed E-state index contributed by atoms with van der Waals surface area (Å²) in [5, 5.41) is 0.181. The van der Waals surface area contributed by atoms with Crippen LogP contribution in [0.25, 0.3) is 0 Å². The molecule has 2 aromatic rings. The first-order chi connectivity index (χ1) is 19.8. The first kappa shape index (κ1) is 27.5. The molecule has 0 unspecified atom stereocenters. The molecule has 9 heteroatoms. The highest BCUT2D eigenvalue weighted by molar-refractivity contribution is 7.90. The van der Waals surface area contributed by atoms with Crippen LogP contribution in [0.1, 0.15) is 72.9 Å². The van der Waals surface area contributed by atoms with Gasteiger partial charge in [0, 0.05) is 36.2 Å². The van der Waals surface area contributed by atoms with E-state index in [1.807, 2.05) is 18.2 Å². The maximum Gasteiger partial charge on any atom is 0.264 e. The number of hydrogen-bond acceptors (Lipinski definition) is 6. The molecule has 220 valence electrons. The summed E-state index contributed by atoms with van der Waals surface area (Å²) in [5.74, 6) is 1.14. The fourth-order valence-corrected chi connectivity index (χ4v) is 10.3. The lowest BCUT2D eigenvalue weighted by Crippen LogP contribution is -2.51. The Kier molecular flexibility index (Phi) is 7.02. The van der Waals surface area contributed by atoms with E-state index in [0.717, 1.165) is 74.5 Å². The lowest BCUT2D eigenvalue weighted by atomic mass is 9.65. The number of halogens is 1. The molecule has 4 bridgehead atoms. The van der Waals surface area contributed by atoms with E-state index in [1.165, 1.54) is 11.1 Å². The highest BCUT2D eigenvalue weighted by Gasteiger charge is 2.47. The zero-order valence-corrected chi connectivity index (χ0v) is 25.2. The number of benzene rings is 2. The Hall–Kier alpha value is -2.29. The normalized spacial score (nSPS) is 34.1. The molecule has 1 N–H and O–H groups in total. The molecule has 7 nitrogen and oxygen atoms in total. The van der Waals surface area contributed by atoms with E-state index in [-0.39, 0.29) is 17.4 Å². The van der Waals surface area contributed by atoms with Crippen molar-refractivity contribution in [1.29, 1.82) is 0 Å². The molecule has 0 saturated heterocycles. The van der Waals surface area contributed by atoms with Gasteiger partial charge < -0.3 is 14.4 Å². The van der Waals surface area contributed by atoms with Gasteiger partial charge in [0.15, 0.2) is 0 Å². The Morgan fingerprint density at radius 3 is 2.76 bits per heavy atom. The van der Waals surface area contributed by atoms with E-state index < -0.39 is 21.2 Å². The van der Waals surface area contributed by atoms with Gasteiger partial charge >= 0.3 is 0 Å². The largest absolute Gasteiger partial charge is 0.490 e. The van der Waals surface area contributed by atoms with Crippen molar-refractivity contribution >= 4 is 33.2 Å². The van der Waals surface area contributed by atoms with Crippen LogP contribution < -0.4 is 14.4 Å². The summed E-state index contributed by atoms with van der Waals surface area (Å²) in [6.45, 7) is 2.17. The van der Waals surface area contributed by atoms with Crippen molar-refractivity contribution in [3.8, 4) is 5.75 Å². The van der Waals surface area contributed by atoms with Crippen molar-refractivity contribution in [3.63, 3.8) is 0 Å². The second kappa shape index (κ2) is 10.5. The molecule has 0 radical (unpaired) electrons. The Morgan fingerprint density at radius 2 is 1.95 bits per heavy atom. The molecule has 41 heavy (non-hydrogen) atoms. The number of sulfonamides is 1. The van der Waals surface area contributed by atoms with Crippen LogP contribution in [0.2, 0.25) is 5.02 Å². The molecule has 1 amide bonds. The molecular formula is C32H39ClN2O5S. The Morgan fingerprint density at radius 1 is 1.07 bits per heavy atom. The minimum absolute atomic E-state index is 0.0194. The lowest BCUT2D eigenvalue weighted by Gasteiger charge is -2.48. The Labute approximate surface area is 248 Å². The van der Waals surface area contributed by atoms with E-state index in [9.17, 15) is 13.2 Å². The third-order valence-corrected chi connectivity index (χ3v) is 12.7. The van der Waals surface area contributed by atoms with E-state index in [0.29, 0.717) is 36.8 Å². The van der Waals surface area contributed by atoms with Crippen LogP contribution in [0.4, 0.5) is 5.69 Å². The van der Waals surface area contributed by atoms with Crippen LogP contribution in [0.3, 0.4) is 0 Å². The van der Waals surface area contributed by atoms with Crippen LogP contribution in [-0.2, 0) is 26.6 Å². The van der Waals surface area contributed by atoms with Gasteiger partial charge in [-0.25, -0.2) is 13.1 Å². The number of carbonyl (C=O) groups excluding carboxylic acids is 1. The molecule has 2 heterocycles. The highest BCUT2D eigenvalue weighted by atomic mass is 35.5. The molecule has 3 aliphatic carbocycles. The van der Waals surface area contributed by atoms with Gasteiger partial charge in [-0.3, -0.25) is 4.79 Å². The topological polar surface area (TPSA) is 84.9 Å². The molecule has 0 aromatic heterocycles. The minimum atomic E-state index is -3.82. The number of nitrogens with one attached hydrogen (secondary N) is 1. The van der Waals surface area contributed by atoms with Gasteiger partial charge in [0.1, 0.15) is 5.75 Å². The number of methoxy groups -OCH3 is 1. The minimum Gasteiger partial charge on any atom is -0.490 e. The Balaban J connectivity index is 1.32. The van der Waals surface area contributed by atoms with Gasteiger partial charge in [-0.1, -0.05) is 24.1 Å². The number of fused-ring (bicyclic) bond motifs is 6. The third-order valence-electron chi connectivity index (χ3n) is 10.7. The molecule has 1 spiro atoms. The van der Waals surface area contributed by atoms with E-state index in [1.54, 1.807) is 13.2 Å². The number of anilines is 1. The summed E-state index contributed by atoms with van der Waals surface area (Å²) >= 11 is 6.41. The number of amides is 1. The first-order valence-corrected chi connectivity index (χ1v) is 17.1. The zero-order chi connectivity index (χ0) is 28.4. The fourth-order valence-electron chi connectivity index (χ4n) is 8.54. The molecule has 6 atom stereocenters. The van der Waals surface area contributed by atoms with Crippen LogP contribution >= 0.6 is 11.6 Å². The summed E-state index contributed by atoms with van der Waals surface area (Å²) in [7, 11) is -2.04. The quantitative estimate of drug-likeness (QED) is 0.468. The maximum absolute atomic E-state index is 13.4. The fraction of sp³-hybridized carbons (Fsp3) is 0.594. The van der Waals surface area contributed by atoms with Gasteiger partial charge in [-0.15, -0.1) is 0 Å². The van der Waals surface area contributed by atoms with E-state index in [4.69, 9.17) is 21.1 Å². The number of aryl methyl sites for hydroxylation is 1. The lowest BCUT2D eigenvalue weighted by molar-refractivity contribution is -0.0589. The number of nitrogens with zero attached hydrogens (tertiary/aromatic N) is 1. The molecule has 2 saturated carbocycles. The molecule has 5 aliphatic rings. The molecule has 2 fully saturated rings. The number of hydrogen-bond donors (Lipinski definition) is 1. The number of carbonyl (C=O) groups is 1. The van der Waals surface area contributed by atoms with Crippen LogP contribution in [0.15, 0.2) is 36.4 Å². The number of ether oxygens (including phenoxy) is 2. The van der Waals surface area contributed by atoms with Crippen molar-refractivity contribution in [1.82, 2.24) is 4.72 Å². The summed E-state index contributed by atoms with van der Waals surface area (Å²) < 4.78 is 42.0. The Bertz CT molecular complexity index is 1460. The van der Waals surface area contributed by atoms with Gasteiger partial charge in [0.25, 0.3) is 5.91 Å². The highest BCUT2D eigenvalue weighted by Crippen LogP contribution is 2.48. The summed E-state index contributed by atoms with van der Waals surface area (Å²) in [6, 6.07) is 11.6. The molecular weight excluding hydrogens is 560 g/mol. The van der Waals surface area contributed by atoms with Gasteiger partial charge in [-0.2, -0.15) is 0 Å². The van der Waals surface area contributed by atoms with Crippen molar-refractivity contribution < 1.29 is 22.7 Å². The van der Waals surface area contributed by atoms with E-state index in [2.05, 4.69) is 21.8 Å². The van der Waals surface area contributed by atoms with Crippen molar-refractivity contribution in [2.45, 2.75) is 74.6 Å². The van der Waals surface area contributed by atoms with Crippen LogP contribution in [-0.4, -0.2) is 52.5 Å². The second-order valence-electron chi connectivity index (χ2n) is 13.0. The van der Waals surface area contributed by atoms with Gasteiger partial charge in [-0.05, 0) is 111 Å². The smallest absolute Gasteiger partial charge is 0.264 e. The SMILES string of the molecule is CO[C@H]1[C@H]2CCC[C@H](C2)S(=O)(=O)NC(=O)c2ccc3c(c2)N(C[C@@H]2CC[C@H]21)C[C@@]1(CCCc2cc(Cl)ccc21)CO3. The second-order valence-corrected chi connectivity index (χ2v) is 15.4. The third kappa shape index (κ3) is 4.84. The van der Waals surface area contributed by atoms with Crippen molar-refractivity contribution in [2.75, 3.05) is 31.7 Å². The van der Waals surface area contributed by atoms with Gasteiger partial charge in [0.05, 0.1) is 23.6 Å². The summed E-state index contributed by atoms with van der Waals surface area (Å²) in [5.41, 5.74) is 3.60. The average molecular weight is 599 g/mol. The molecule has 2 aliphatic heterocycles.